The molecule has 1 amide bonds. The summed E-state index contributed by atoms with van der Waals surface area (Å²) >= 11 is 0. The van der Waals surface area contributed by atoms with E-state index in [4.69, 9.17) is 9.84 Å². The number of benzene rings is 1. The molecule has 1 unspecified atom stereocenters. The number of likely N-dealkylation sites (tertiary alicyclic amines) is 1. The van der Waals surface area contributed by atoms with Crippen molar-refractivity contribution < 1.29 is 19.4 Å². The monoisotopic (exact) mass is 333 g/mol. The van der Waals surface area contributed by atoms with Crippen molar-refractivity contribution >= 4 is 11.9 Å². The normalized spacial score (nSPS) is 17.4. The van der Waals surface area contributed by atoms with Crippen LogP contribution in [0.25, 0.3) is 0 Å². The fraction of sp³-hybridized carbons (Fsp3) is 0.579. The predicted molar refractivity (Wildman–Crippen MR) is 92.2 cm³/mol. The number of nitrogens with zero attached hydrogens (tertiary/aromatic N) is 1. The highest BCUT2D eigenvalue weighted by atomic mass is 16.5. The standard InChI is InChI=1S/C19H27NO4/c1-13(17(21)20-10-8-14(9-11-20)18(22)23)24-16-7-5-6-15(12-16)19(2,3)4/h5-7,12-14H,8-11H2,1-4H3,(H,22,23). The summed E-state index contributed by atoms with van der Waals surface area (Å²) < 4.78 is 5.83. The van der Waals surface area contributed by atoms with E-state index in [0.717, 1.165) is 5.56 Å². The fourth-order valence-corrected chi connectivity index (χ4v) is 2.89. The third kappa shape index (κ3) is 4.49. The molecule has 1 fully saturated rings. The van der Waals surface area contributed by atoms with Crippen molar-refractivity contribution in [1.82, 2.24) is 4.90 Å². The van der Waals surface area contributed by atoms with Crippen molar-refractivity contribution in [2.45, 2.75) is 52.1 Å². The van der Waals surface area contributed by atoms with Gasteiger partial charge < -0.3 is 14.7 Å². The minimum atomic E-state index is -0.773. The Hall–Kier alpha value is -2.04. The molecule has 5 heteroatoms. The third-order valence-electron chi connectivity index (χ3n) is 4.52. The Morgan fingerprint density at radius 2 is 1.88 bits per heavy atom. The van der Waals surface area contributed by atoms with Gasteiger partial charge >= 0.3 is 5.97 Å². The molecule has 1 N–H and O–H groups in total. The van der Waals surface area contributed by atoms with Crippen molar-refractivity contribution in [1.29, 1.82) is 0 Å². The molecular weight excluding hydrogens is 306 g/mol. The molecule has 0 radical (unpaired) electrons. The van der Waals surface area contributed by atoms with Gasteiger partial charge in [0, 0.05) is 13.1 Å². The second-order valence-corrected chi connectivity index (χ2v) is 7.48. The first-order chi connectivity index (χ1) is 11.2. The van der Waals surface area contributed by atoms with Gasteiger partial charge in [-0.15, -0.1) is 0 Å². The molecule has 0 saturated carbocycles. The molecule has 1 atom stereocenters. The summed E-state index contributed by atoms with van der Waals surface area (Å²) in [5.41, 5.74) is 1.17. The second kappa shape index (κ2) is 7.24. The molecule has 1 aromatic carbocycles. The van der Waals surface area contributed by atoms with Gasteiger partial charge in [-0.05, 0) is 42.9 Å². The number of hydrogen-bond acceptors (Lipinski definition) is 3. The van der Waals surface area contributed by atoms with Gasteiger partial charge in [0.15, 0.2) is 6.10 Å². The van der Waals surface area contributed by atoms with Crippen LogP contribution in [-0.4, -0.2) is 41.1 Å². The van der Waals surface area contributed by atoms with Crippen LogP contribution in [0, 0.1) is 5.92 Å². The number of amides is 1. The number of piperidine rings is 1. The summed E-state index contributed by atoms with van der Waals surface area (Å²) in [5.74, 6) is -0.511. The maximum atomic E-state index is 12.5. The van der Waals surface area contributed by atoms with Crippen LogP contribution in [0.1, 0.15) is 46.1 Å². The Bertz CT molecular complexity index is 598. The summed E-state index contributed by atoms with van der Waals surface area (Å²) in [7, 11) is 0. The number of carbonyl (C=O) groups is 2. The second-order valence-electron chi connectivity index (χ2n) is 7.48. The molecule has 5 nitrogen and oxygen atoms in total. The fourth-order valence-electron chi connectivity index (χ4n) is 2.89. The van der Waals surface area contributed by atoms with Gasteiger partial charge in [0.2, 0.25) is 0 Å². The molecule has 0 aliphatic carbocycles. The van der Waals surface area contributed by atoms with Crippen molar-refractivity contribution in [2.24, 2.45) is 5.92 Å². The van der Waals surface area contributed by atoms with Crippen LogP contribution in [0.3, 0.4) is 0 Å². The lowest BCUT2D eigenvalue weighted by Crippen LogP contribution is -2.45. The van der Waals surface area contributed by atoms with Crippen LogP contribution in [0.4, 0.5) is 0 Å². The molecule has 2 rings (SSSR count). The molecule has 0 aromatic heterocycles. The summed E-state index contributed by atoms with van der Waals surface area (Å²) in [6, 6.07) is 7.82. The number of ether oxygens (including phenoxy) is 1. The van der Waals surface area contributed by atoms with Crippen LogP contribution in [-0.2, 0) is 15.0 Å². The van der Waals surface area contributed by atoms with Crippen LogP contribution >= 0.6 is 0 Å². The van der Waals surface area contributed by atoms with Crippen LogP contribution < -0.4 is 4.74 Å². The molecule has 1 saturated heterocycles. The van der Waals surface area contributed by atoms with Gasteiger partial charge in [-0.2, -0.15) is 0 Å². The van der Waals surface area contributed by atoms with E-state index in [1.807, 2.05) is 18.2 Å². The van der Waals surface area contributed by atoms with Crippen molar-refractivity contribution in [3.05, 3.63) is 29.8 Å². The Balaban J connectivity index is 1.96. The van der Waals surface area contributed by atoms with E-state index in [9.17, 15) is 9.59 Å². The van der Waals surface area contributed by atoms with E-state index in [1.54, 1.807) is 11.8 Å². The number of rotatable bonds is 4. The molecule has 1 aliphatic heterocycles. The van der Waals surface area contributed by atoms with Crippen molar-refractivity contribution in [3.63, 3.8) is 0 Å². The summed E-state index contributed by atoms with van der Waals surface area (Å²) in [6.45, 7) is 9.10. The molecule has 1 heterocycles. The lowest BCUT2D eigenvalue weighted by Gasteiger charge is -2.32. The lowest BCUT2D eigenvalue weighted by atomic mass is 9.87. The molecule has 24 heavy (non-hydrogen) atoms. The minimum Gasteiger partial charge on any atom is -0.481 e. The zero-order valence-electron chi connectivity index (χ0n) is 14.9. The van der Waals surface area contributed by atoms with E-state index in [1.165, 1.54) is 0 Å². The van der Waals surface area contributed by atoms with E-state index < -0.39 is 12.1 Å². The van der Waals surface area contributed by atoms with E-state index in [0.29, 0.717) is 31.7 Å². The number of carbonyl (C=O) groups excluding carboxylic acids is 1. The molecule has 132 valence electrons. The topological polar surface area (TPSA) is 66.8 Å². The van der Waals surface area contributed by atoms with Crippen LogP contribution in [0.2, 0.25) is 0 Å². The van der Waals surface area contributed by atoms with Crippen molar-refractivity contribution in [2.75, 3.05) is 13.1 Å². The largest absolute Gasteiger partial charge is 0.481 e. The van der Waals surface area contributed by atoms with E-state index in [-0.39, 0.29) is 17.2 Å². The highest BCUT2D eigenvalue weighted by Crippen LogP contribution is 2.26. The van der Waals surface area contributed by atoms with E-state index in [2.05, 4.69) is 26.8 Å². The van der Waals surface area contributed by atoms with Crippen LogP contribution in [0.15, 0.2) is 24.3 Å². The van der Waals surface area contributed by atoms with Crippen LogP contribution in [0.5, 0.6) is 5.75 Å². The highest BCUT2D eigenvalue weighted by Gasteiger charge is 2.29. The zero-order valence-corrected chi connectivity index (χ0v) is 14.9. The average Bonchev–Trinajstić information content (AvgIpc) is 2.53. The van der Waals surface area contributed by atoms with Crippen molar-refractivity contribution in [3.8, 4) is 5.75 Å². The predicted octanol–water partition coefficient (Wildman–Crippen LogP) is 3.07. The number of aliphatic carboxylic acids is 1. The minimum absolute atomic E-state index is 0.0192. The maximum absolute atomic E-state index is 12.5. The highest BCUT2D eigenvalue weighted by molar-refractivity contribution is 5.81. The molecular formula is C19H27NO4. The lowest BCUT2D eigenvalue weighted by molar-refractivity contribution is -0.147. The summed E-state index contributed by atoms with van der Waals surface area (Å²) in [4.78, 5) is 25.2. The molecule has 0 spiro atoms. The first-order valence-electron chi connectivity index (χ1n) is 8.47. The Morgan fingerprint density at radius 3 is 2.42 bits per heavy atom. The van der Waals surface area contributed by atoms with Gasteiger partial charge in [-0.25, -0.2) is 0 Å². The third-order valence-corrected chi connectivity index (χ3v) is 4.52. The van der Waals surface area contributed by atoms with E-state index >= 15 is 0 Å². The molecule has 1 aliphatic rings. The Kier molecular flexibility index (Phi) is 5.52. The first-order valence-corrected chi connectivity index (χ1v) is 8.47. The van der Waals surface area contributed by atoms with Gasteiger partial charge in [-0.1, -0.05) is 32.9 Å². The smallest absolute Gasteiger partial charge is 0.306 e. The Morgan fingerprint density at radius 1 is 1.25 bits per heavy atom. The van der Waals surface area contributed by atoms with Gasteiger partial charge in [0.1, 0.15) is 5.75 Å². The number of carboxylic acids is 1. The number of carboxylic acid groups (broad SMARTS) is 1. The number of hydrogen-bond donors (Lipinski definition) is 1. The SMILES string of the molecule is CC(Oc1cccc(C(C)(C)C)c1)C(=O)N1CCC(C(=O)O)CC1. The van der Waals surface area contributed by atoms with Gasteiger partial charge in [0.25, 0.3) is 5.91 Å². The van der Waals surface area contributed by atoms with Gasteiger partial charge in [-0.3, -0.25) is 9.59 Å². The molecule has 0 bridgehead atoms. The quantitative estimate of drug-likeness (QED) is 0.919. The Labute approximate surface area is 143 Å². The summed E-state index contributed by atoms with van der Waals surface area (Å²) in [6.07, 6.45) is 0.433. The molecule has 1 aromatic rings. The average molecular weight is 333 g/mol. The maximum Gasteiger partial charge on any atom is 0.306 e. The van der Waals surface area contributed by atoms with Gasteiger partial charge in [0.05, 0.1) is 5.92 Å². The summed E-state index contributed by atoms with van der Waals surface area (Å²) in [5, 5.41) is 9.03. The first kappa shape index (κ1) is 18.3. The zero-order chi connectivity index (χ0) is 17.9.